The quantitative estimate of drug-likeness (QED) is 0.216. The molecule has 1 saturated carbocycles. The maximum absolute atomic E-state index is 12.6. The van der Waals surface area contributed by atoms with Crippen molar-refractivity contribution < 1.29 is 9.59 Å². The number of carbonyl (C=O) groups is 2. The first-order chi connectivity index (χ1) is 23.5. The fourth-order valence-corrected chi connectivity index (χ4v) is 6.85. The molecule has 1 aromatic carbocycles. The molecule has 0 unspecified atom stereocenters. The molecule has 8 rings (SSSR count). The van der Waals surface area contributed by atoms with Gasteiger partial charge in [0.1, 0.15) is 17.3 Å². The number of pyridine rings is 1. The van der Waals surface area contributed by atoms with E-state index >= 15 is 0 Å². The van der Waals surface area contributed by atoms with Crippen LogP contribution in [0.5, 0.6) is 0 Å². The summed E-state index contributed by atoms with van der Waals surface area (Å²) in [5, 5.41) is 17.4. The normalized spacial score (nSPS) is 17.7. The summed E-state index contributed by atoms with van der Waals surface area (Å²) < 4.78 is 3.85. The Balaban J connectivity index is 1.08. The molecule has 1 saturated heterocycles. The summed E-state index contributed by atoms with van der Waals surface area (Å²) in [5.74, 6) is 0.946. The molecule has 13 nitrogen and oxygen atoms in total. The SMILES string of the molecule is [B]C([B])(c1cccc(C(=O)NC)n1)N1CC(n2ncc3c2[C@@H](C)N(C)c2c(Nc4cc(NC(=O)C5CC5)nc5cc(C)nn45)cccc2-3)C1. The van der Waals surface area contributed by atoms with Gasteiger partial charge in [0.05, 0.1) is 56.7 Å². The van der Waals surface area contributed by atoms with E-state index in [1.807, 2.05) is 42.3 Å². The molecule has 2 amide bonds. The second-order valence-electron chi connectivity index (χ2n) is 13.2. The number of rotatable bonds is 8. The molecular formula is C34H35B2N11O2. The van der Waals surface area contributed by atoms with Gasteiger partial charge in [-0.1, -0.05) is 18.2 Å². The van der Waals surface area contributed by atoms with Crippen molar-refractivity contribution in [2.75, 3.05) is 42.7 Å². The summed E-state index contributed by atoms with van der Waals surface area (Å²) in [4.78, 5) is 38.0. The Hall–Kier alpha value is -5.17. The summed E-state index contributed by atoms with van der Waals surface area (Å²) in [6, 6.07) is 15.1. The smallest absolute Gasteiger partial charge is 0.269 e. The van der Waals surface area contributed by atoms with Gasteiger partial charge in [-0.2, -0.15) is 14.7 Å². The Morgan fingerprint density at radius 2 is 1.80 bits per heavy atom. The van der Waals surface area contributed by atoms with E-state index in [0.717, 1.165) is 46.7 Å². The summed E-state index contributed by atoms with van der Waals surface area (Å²) in [7, 11) is 16.9. The van der Waals surface area contributed by atoms with Crippen LogP contribution in [0.4, 0.5) is 23.0 Å². The van der Waals surface area contributed by atoms with Crippen molar-refractivity contribution in [3.05, 3.63) is 77.5 Å². The minimum Gasteiger partial charge on any atom is -0.364 e. The second kappa shape index (κ2) is 11.5. The predicted octanol–water partition coefficient (Wildman–Crippen LogP) is 3.26. The number of likely N-dealkylation sites (tertiary alicyclic amines) is 1. The standard InChI is InChI=1S/C34H35B2N11O2/c1-18-13-28-41-27(42-32(48)20-11-12-20)14-29(47(28)43-18)40-24-8-5-7-22-23-15-38-46(30(23)19(2)44(4)31(22)24)21-16-45(17-21)34(35,36)26-10-6-9-25(39-26)33(49)37-3/h5-10,13-15,19-21,40H,11-12,16-17H2,1-4H3,(H,37,49)(H,41,42,48)/t19-/m1/s1. The van der Waals surface area contributed by atoms with Crippen LogP contribution in [-0.4, -0.2) is 89.0 Å². The molecule has 0 spiro atoms. The van der Waals surface area contributed by atoms with E-state index in [9.17, 15) is 9.59 Å². The van der Waals surface area contributed by atoms with Crippen molar-refractivity contribution >= 4 is 56.2 Å². The molecule has 3 aliphatic rings. The summed E-state index contributed by atoms with van der Waals surface area (Å²) >= 11 is 0. The maximum Gasteiger partial charge on any atom is 0.269 e. The van der Waals surface area contributed by atoms with E-state index in [1.54, 1.807) is 29.8 Å². The van der Waals surface area contributed by atoms with Crippen LogP contribution >= 0.6 is 0 Å². The average Bonchev–Trinajstić information content (AvgIpc) is 3.72. The minimum atomic E-state index is -1.35. The molecule has 2 fully saturated rings. The van der Waals surface area contributed by atoms with Gasteiger partial charge >= 0.3 is 0 Å². The Morgan fingerprint density at radius 3 is 2.55 bits per heavy atom. The van der Waals surface area contributed by atoms with Gasteiger partial charge < -0.3 is 25.8 Å². The van der Waals surface area contributed by atoms with Gasteiger partial charge in [-0.3, -0.25) is 14.3 Å². The third-order valence-electron chi connectivity index (χ3n) is 9.85. The largest absolute Gasteiger partial charge is 0.364 e. The third-order valence-corrected chi connectivity index (χ3v) is 9.85. The van der Waals surface area contributed by atoms with Gasteiger partial charge in [0.2, 0.25) is 5.91 Å². The van der Waals surface area contributed by atoms with Crippen molar-refractivity contribution in [2.24, 2.45) is 5.92 Å². The zero-order valence-electron chi connectivity index (χ0n) is 27.8. The van der Waals surface area contributed by atoms with E-state index < -0.39 is 5.34 Å². The average molecular weight is 651 g/mol. The molecule has 4 aromatic heterocycles. The Kier molecular flexibility index (Phi) is 7.28. The van der Waals surface area contributed by atoms with Crippen LogP contribution < -0.4 is 20.9 Å². The predicted molar refractivity (Wildman–Crippen MR) is 188 cm³/mol. The number of aromatic nitrogens is 6. The number of hydrogen-bond donors (Lipinski definition) is 3. The topological polar surface area (TPSA) is 138 Å². The van der Waals surface area contributed by atoms with Gasteiger partial charge in [-0.15, -0.1) is 0 Å². The lowest BCUT2D eigenvalue weighted by Crippen LogP contribution is -2.60. The minimum absolute atomic E-state index is 0.000639. The Bertz CT molecular complexity index is 2130. The highest BCUT2D eigenvalue weighted by atomic mass is 16.2. The first-order valence-corrected chi connectivity index (χ1v) is 16.4. The molecule has 244 valence electrons. The second-order valence-corrected chi connectivity index (χ2v) is 13.2. The lowest BCUT2D eigenvalue weighted by Gasteiger charge is -2.50. The summed E-state index contributed by atoms with van der Waals surface area (Å²) in [6.45, 7) is 5.23. The van der Waals surface area contributed by atoms with Crippen LogP contribution in [0.1, 0.15) is 59.4 Å². The van der Waals surface area contributed by atoms with Crippen LogP contribution in [0.25, 0.3) is 16.8 Å². The van der Waals surface area contributed by atoms with Gasteiger partial charge in [0, 0.05) is 62.1 Å². The van der Waals surface area contributed by atoms with Crippen LogP contribution in [-0.2, 0) is 10.1 Å². The van der Waals surface area contributed by atoms with Gasteiger partial charge in [0.15, 0.2) is 5.65 Å². The zero-order chi connectivity index (χ0) is 34.2. The highest BCUT2D eigenvalue weighted by Gasteiger charge is 2.42. The molecule has 15 heteroatoms. The van der Waals surface area contributed by atoms with Crippen LogP contribution in [0.2, 0.25) is 0 Å². The maximum atomic E-state index is 12.6. The molecule has 5 aromatic rings. The monoisotopic (exact) mass is 651 g/mol. The molecule has 0 bridgehead atoms. The lowest BCUT2D eigenvalue weighted by molar-refractivity contribution is -0.117. The Labute approximate surface area is 286 Å². The van der Waals surface area contributed by atoms with Crippen molar-refractivity contribution in [1.82, 2.24) is 39.6 Å². The van der Waals surface area contributed by atoms with Gasteiger partial charge in [0.25, 0.3) is 5.91 Å². The van der Waals surface area contributed by atoms with E-state index in [-0.39, 0.29) is 35.5 Å². The highest BCUT2D eigenvalue weighted by molar-refractivity contribution is 6.39. The number of carbonyl (C=O) groups excluding carboxylic acids is 2. The van der Waals surface area contributed by atoms with Crippen molar-refractivity contribution in [3.63, 3.8) is 0 Å². The van der Waals surface area contributed by atoms with E-state index in [2.05, 4.69) is 60.6 Å². The Morgan fingerprint density at radius 1 is 1.02 bits per heavy atom. The summed E-state index contributed by atoms with van der Waals surface area (Å²) in [5.41, 5.74) is 7.28. The molecule has 4 radical (unpaired) electrons. The van der Waals surface area contributed by atoms with E-state index in [4.69, 9.17) is 20.8 Å². The fraction of sp³-hybridized carbons (Fsp3) is 0.353. The van der Waals surface area contributed by atoms with Crippen LogP contribution in [0.15, 0.2) is 54.7 Å². The first-order valence-electron chi connectivity index (χ1n) is 16.4. The van der Waals surface area contributed by atoms with E-state index in [1.165, 1.54) is 0 Å². The number of nitrogens with zero attached hydrogens (tertiary/aromatic N) is 8. The van der Waals surface area contributed by atoms with Crippen LogP contribution in [0.3, 0.4) is 0 Å². The number of hydrogen-bond acceptors (Lipinski definition) is 9. The fourth-order valence-electron chi connectivity index (χ4n) is 6.85. The highest BCUT2D eigenvalue weighted by Crippen LogP contribution is 2.49. The van der Waals surface area contributed by atoms with Gasteiger partial charge in [-0.05, 0) is 50.2 Å². The molecule has 49 heavy (non-hydrogen) atoms. The van der Waals surface area contributed by atoms with Crippen molar-refractivity contribution in [2.45, 2.75) is 44.1 Å². The zero-order valence-corrected chi connectivity index (χ0v) is 27.8. The molecule has 6 heterocycles. The number of anilines is 4. The number of fused-ring (bicyclic) bond motifs is 4. The number of benzene rings is 1. The van der Waals surface area contributed by atoms with E-state index in [0.29, 0.717) is 36.1 Å². The number of para-hydroxylation sites is 1. The van der Waals surface area contributed by atoms with Gasteiger partial charge in [-0.25, -0.2) is 9.97 Å². The third kappa shape index (κ3) is 5.23. The molecule has 1 aliphatic carbocycles. The molecule has 1 atom stereocenters. The molecule has 2 aliphatic heterocycles. The van der Waals surface area contributed by atoms with Crippen molar-refractivity contribution in [1.29, 1.82) is 0 Å². The number of nitrogens with one attached hydrogen (secondary N) is 3. The number of aryl methyl sites for hydroxylation is 1. The van der Waals surface area contributed by atoms with Crippen molar-refractivity contribution in [3.8, 4) is 11.1 Å². The number of amides is 2. The molecular weight excluding hydrogens is 616 g/mol. The van der Waals surface area contributed by atoms with Crippen LogP contribution in [0, 0.1) is 12.8 Å². The summed E-state index contributed by atoms with van der Waals surface area (Å²) in [6.07, 6.45) is 3.76. The molecule has 3 N–H and O–H groups in total. The first kappa shape index (κ1) is 31.1. The lowest BCUT2D eigenvalue weighted by atomic mass is 9.57.